The number of benzene rings is 2. The second-order valence-corrected chi connectivity index (χ2v) is 4.57. The van der Waals surface area contributed by atoms with Crippen LogP contribution in [0.3, 0.4) is 0 Å². The number of hydrogen-bond acceptors (Lipinski definition) is 3. The van der Waals surface area contributed by atoms with Crippen molar-refractivity contribution in [3.63, 3.8) is 0 Å². The van der Waals surface area contributed by atoms with Crippen LogP contribution in [-0.2, 0) is 0 Å². The summed E-state index contributed by atoms with van der Waals surface area (Å²) in [6.45, 7) is 0. The van der Waals surface area contributed by atoms with Gasteiger partial charge in [0.25, 0.3) is 0 Å². The maximum absolute atomic E-state index is 12.4. The highest BCUT2D eigenvalue weighted by atomic mass is 16.5. The van der Waals surface area contributed by atoms with Crippen LogP contribution in [0.15, 0.2) is 60.8 Å². The molecule has 0 aliphatic carbocycles. The highest BCUT2D eigenvalue weighted by Crippen LogP contribution is 2.18. The molecule has 0 unspecified atom stereocenters. The predicted molar refractivity (Wildman–Crippen MR) is 80.5 cm³/mol. The zero-order valence-electron chi connectivity index (χ0n) is 11.5. The molecule has 0 radical (unpaired) electrons. The minimum Gasteiger partial charge on any atom is -0.497 e. The topological polar surface area (TPSA) is 55.0 Å². The number of hydrogen-bond donors (Lipinski definition) is 1. The van der Waals surface area contributed by atoms with E-state index in [-0.39, 0.29) is 5.78 Å². The van der Waals surface area contributed by atoms with E-state index >= 15 is 0 Å². The molecule has 0 amide bonds. The molecule has 104 valence electrons. The van der Waals surface area contributed by atoms with Gasteiger partial charge in [-0.05, 0) is 12.1 Å². The Balaban J connectivity index is 1.91. The highest BCUT2D eigenvalue weighted by molar-refractivity contribution is 6.08. The van der Waals surface area contributed by atoms with Crippen LogP contribution in [0.2, 0.25) is 0 Å². The number of nitrogens with one attached hydrogen (secondary N) is 1. The molecule has 1 aromatic heterocycles. The van der Waals surface area contributed by atoms with Gasteiger partial charge in [0.1, 0.15) is 17.3 Å². The third-order valence-corrected chi connectivity index (χ3v) is 3.20. The summed E-state index contributed by atoms with van der Waals surface area (Å²) in [4.78, 5) is 19.8. The van der Waals surface area contributed by atoms with Gasteiger partial charge in [0.05, 0.1) is 13.3 Å². The molecular weight excluding hydrogens is 264 g/mol. The van der Waals surface area contributed by atoms with Crippen molar-refractivity contribution in [1.82, 2.24) is 9.97 Å². The molecule has 0 aliphatic heterocycles. The van der Waals surface area contributed by atoms with Crippen molar-refractivity contribution in [3.8, 4) is 17.1 Å². The van der Waals surface area contributed by atoms with E-state index in [2.05, 4.69) is 9.97 Å². The average Bonchev–Trinajstić information content (AvgIpc) is 3.05. The highest BCUT2D eigenvalue weighted by Gasteiger charge is 2.13. The lowest BCUT2D eigenvalue weighted by atomic mass is 10.1. The smallest absolute Gasteiger partial charge is 0.210 e. The van der Waals surface area contributed by atoms with E-state index in [1.165, 1.54) is 0 Å². The fourth-order valence-electron chi connectivity index (χ4n) is 2.10. The standard InChI is InChI=1S/C17H14N2O2/c1-21-14-9-5-8-13(10-14)16(20)15-11-18-17(19-15)12-6-3-2-4-7-12/h2-11H,1H3,(H,18,19). The van der Waals surface area contributed by atoms with E-state index in [1.807, 2.05) is 30.3 Å². The first kappa shape index (κ1) is 13.1. The summed E-state index contributed by atoms with van der Waals surface area (Å²) in [5.74, 6) is 1.23. The van der Waals surface area contributed by atoms with Crippen LogP contribution in [0.25, 0.3) is 11.4 Å². The summed E-state index contributed by atoms with van der Waals surface area (Å²) in [7, 11) is 1.58. The number of carbonyl (C=O) groups excluding carboxylic acids is 1. The molecular formula is C17H14N2O2. The van der Waals surface area contributed by atoms with Gasteiger partial charge in [0, 0.05) is 11.1 Å². The van der Waals surface area contributed by atoms with E-state index in [0.717, 1.165) is 5.56 Å². The van der Waals surface area contributed by atoms with Crippen LogP contribution in [0, 0.1) is 0 Å². The molecule has 4 nitrogen and oxygen atoms in total. The Morgan fingerprint density at radius 1 is 1.10 bits per heavy atom. The summed E-state index contributed by atoms with van der Waals surface area (Å²) < 4.78 is 5.14. The van der Waals surface area contributed by atoms with Crippen LogP contribution in [0.1, 0.15) is 16.1 Å². The number of aromatic amines is 1. The van der Waals surface area contributed by atoms with Crippen LogP contribution in [0.4, 0.5) is 0 Å². The van der Waals surface area contributed by atoms with E-state index in [9.17, 15) is 4.79 Å². The lowest BCUT2D eigenvalue weighted by molar-refractivity contribution is 0.103. The van der Waals surface area contributed by atoms with Crippen molar-refractivity contribution >= 4 is 5.78 Å². The summed E-state index contributed by atoms with van der Waals surface area (Å²) in [6.07, 6.45) is 1.56. The quantitative estimate of drug-likeness (QED) is 0.745. The number of imidazole rings is 1. The molecule has 1 N–H and O–H groups in total. The van der Waals surface area contributed by atoms with Crippen molar-refractivity contribution < 1.29 is 9.53 Å². The molecule has 21 heavy (non-hydrogen) atoms. The first-order valence-corrected chi connectivity index (χ1v) is 6.57. The summed E-state index contributed by atoms with van der Waals surface area (Å²) in [5.41, 5.74) is 1.97. The number of ether oxygens (including phenoxy) is 1. The van der Waals surface area contributed by atoms with E-state index < -0.39 is 0 Å². The molecule has 0 fully saturated rings. The minimum absolute atomic E-state index is 0.108. The Kier molecular flexibility index (Phi) is 3.51. The maximum atomic E-state index is 12.4. The molecule has 0 saturated carbocycles. The van der Waals surface area contributed by atoms with Crippen LogP contribution in [-0.4, -0.2) is 22.9 Å². The molecule has 0 bridgehead atoms. The average molecular weight is 278 g/mol. The Morgan fingerprint density at radius 3 is 2.67 bits per heavy atom. The summed E-state index contributed by atoms with van der Waals surface area (Å²) in [6, 6.07) is 16.8. The first-order valence-electron chi connectivity index (χ1n) is 6.57. The number of carbonyl (C=O) groups is 1. The van der Waals surface area contributed by atoms with E-state index in [0.29, 0.717) is 22.8 Å². The minimum atomic E-state index is -0.108. The fourth-order valence-corrected chi connectivity index (χ4v) is 2.10. The molecule has 0 saturated heterocycles. The van der Waals surface area contributed by atoms with Crippen molar-refractivity contribution in [2.75, 3.05) is 7.11 Å². The monoisotopic (exact) mass is 278 g/mol. The second kappa shape index (κ2) is 5.63. The first-order chi connectivity index (χ1) is 10.3. The van der Waals surface area contributed by atoms with Gasteiger partial charge >= 0.3 is 0 Å². The van der Waals surface area contributed by atoms with Gasteiger partial charge < -0.3 is 9.72 Å². The number of nitrogens with zero attached hydrogens (tertiary/aromatic N) is 1. The Morgan fingerprint density at radius 2 is 1.90 bits per heavy atom. The van der Waals surface area contributed by atoms with Crippen LogP contribution in [0.5, 0.6) is 5.75 Å². The van der Waals surface area contributed by atoms with Crippen LogP contribution >= 0.6 is 0 Å². The van der Waals surface area contributed by atoms with E-state index in [1.54, 1.807) is 37.6 Å². The number of methoxy groups -OCH3 is 1. The van der Waals surface area contributed by atoms with Crippen molar-refractivity contribution in [2.45, 2.75) is 0 Å². The van der Waals surface area contributed by atoms with Crippen molar-refractivity contribution in [2.24, 2.45) is 0 Å². The number of H-pyrrole nitrogens is 1. The Bertz CT molecular complexity index is 763. The summed E-state index contributed by atoms with van der Waals surface area (Å²) in [5, 5.41) is 0. The van der Waals surface area contributed by atoms with Gasteiger partial charge in [-0.1, -0.05) is 42.5 Å². The van der Waals surface area contributed by atoms with Crippen LogP contribution < -0.4 is 4.74 Å². The number of rotatable bonds is 4. The number of ketones is 1. The van der Waals surface area contributed by atoms with Gasteiger partial charge in [0.15, 0.2) is 0 Å². The predicted octanol–water partition coefficient (Wildman–Crippen LogP) is 3.32. The molecule has 3 aromatic rings. The van der Waals surface area contributed by atoms with Gasteiger partial charge in [-0.2, -0.15) is 0 Å². The fraction of sp³-hybridized carbons (Fsp3) is 0.0588. The molecule has 0 spiro atoms. The van der Waals surface area contributed by atoms with Crippen molar-refractivity contribution in [1.29, 1.82) is 0 Å². The third-order valence-electron chi connectivity index (χ3n) is 3.20. The third kappa shape index (κ3) is 2.69. The van der Waals surface area contributed by atoms with E-state index in [4.69, 9.17) is 4.74 Å². The van der Waals surface area contributed by atoms with Gasteiger partial charge in [-0.15, -0.1) is 0 Å². The zero-order valence-corrected chi connectivity index (χ0v) is 11.5. The largest absolute Gasteiger partial charge is 0.497 e. The lowest BCUT2D eigenvalue weighted by Gasteiger charge is -2.02. The molecule has 3 rings (SSSR count). The Hall–Kier alpha value is -2.88. The maximum Gasteiger partial charge on any atom is 0.210 e. The Labute approximate surface area is 122 Å². The molecule has 4 heteroatoms. The molecule has 1 heterocycles. The lowest BCUT2D eigenvalue weighted by Crippen LogP contribution is -2.02. The molecule has 2 aromatic carbocycles. The zero-order chi connectivity index (χ0) is 14.7. The summed E-state index contributed by atoms with van der Waals surface area (Å²) >= 11 is 0. The molecule has 0 atom stereocenters. The SMILES string of the molecule is COc1cccc(C(=O)c2cnc(-c3ccccc3)[nH]2)c1. The van der Waals surface area contributed by atoms with Crippen molar-refractivity contribution in [3.05, 3.63) is 72.1 Å². The van der Waals surface area contributed by atoms with Gasteiger partial charge in [-0.3, -0.25) is 4.79 Å². The molecule has 0 aliphatic rings. The second-order valence-electron chi connectivity index (χ2n) is 4.57. The number of aromatic nitrogens is 2. The van der Waals surface area contributed by atoms with Gasteiger partial charge in [-0.25, -0.2) is 4.98 Å². The normalized spacial score (nSPS) is 10.3. The van der Waals surface area contributed by atoms with Gasteiger partial charge in [0.2, 0.25) is 5.78 Å².